The number of fused-ring (bicyclic) bond motifs is 1. The lowest BCUT2D eigenvalue weighted by atomic mass is 10.1. The normalized spacial score (nSPS) is 11.0. The average Bonchev–Trinajstić information content (AvgIpc) is 3.13. The molecule has 2 aromatic carbocycles. The fourth-order valence-electron chi connectivity index (χ4n) is 2.71. The Morgan fingerprint density at radius 3 is 1.84 bits per heavy atom. The zero-order valence-electron chi connectivity index (χ0n) is 14.7. The molecule has 0 aliphatic rings. The summed E-state index contributed by atoms with van der Waals surface area (Å²) < 4.78 is 27.0. The summed E-state index contributed by atoms with van der Waals surface area (Å²) in [4.78, 5) is 0. The van der Waals surface area contributed by atoms with Crippen LogP contribution in [0.5, 0.6) is 23.0 Å². The van der Waals surface area contributed by atoms with Crippen LogP contribution in [-0.2, 0) is 0 Å². The van der Waals surface area contributed by atoms with Crippen molar-refractivity contribution in [3.8, 4) is 23.0 Å². The van der Waals surface area contributed by atoms with Crippen molar-refractivity contribution in [3.05, 3.63) is 47.7 Å². The van der Waals surface area contributed by atoms with E-state index in [1.807, 2.05) is 42.5 Å². The van der Waals surface area contributed by atoms with Gasteiger partial charge in [0.1, 0.15) is 11.3 Å². The molecule has 0 bridgehead atoms. The molecular formula is C20H20O5. The molecule has 130 valence electrons. The number of methoxy groups -OCH3 is 4. The Morgan fingerprint density at radius 1 is 0.720 bits per heavy atom. The second-order valence-corrected chi connectivity index (χ2v) is 5.35. The first-order chi connectivity index (χ1) is 12.2. The van der Waals surface area contributed by atoms with Crippen molar-refractivity contribution >= 4 is 23.1 Å². The Morgan fingerprint density at radius 2 is 1.28 bits per heavy atom. The molecule has 0 N–H and O–H groups in total. The van der Waals surface area contributed by atoms with Gasteiger partial charge < -0.3 is 23.4 Å². The van der Waals surface area contributed by atoms with Gasteiger partial charge in [-0.3, -0.25) is 0 Å². The van der Waals surface area contributed by atoms with Crippen LogP contribution in [0.1, 0.15) is 11.1 Å². The quantitative estimate of drug-likeness (QED) is 0.612. The van der Waals surface area contributed by atoms with Gasteiger partial charge >= 0.3 is 0 Å². The number of furan rings is 1. The van der Waals surface area contributed by atoms with Crippen molar-refractivity contribution < 1.29 is 23.4 Å². The predicted molar refractivity (Wildman–Crippen MR) is 97.8 cm³/mol. The number of ether oxygens (including phenoxy) is 4. The molecule has 0 fully saturated rings. The van der Waals surface area contributed by atoms with Gasteiger partial charge in [0.25, 0.3) is 0 Å². The average molecular weight is 340 g/mol. The fourth-order valence-corrected chi connectivity index (χ4v) is 2.71. The number of rotatable bonds is 6. The van der Waals surface area contributed by atoms with E-state index in [0.717, 1.165) is 27.8 Å². The Balaban J connectivity index is 1.99. The molecule has 0 saturated carbocycles. The minimum Gasteiger partial charge on any atom is -0.496 e. The predicted octanol–water partition coefficient (Wildman–Crippen LogP) is 4.64. The van der Waals surface area contributed by atoms with Gasteiger partial charge in [-0.25, -0.2) is 0 Å². The molecule has 0 aliphatic heterocycles. The third-order valence-corrected chi connectivity index (χ3v) is 3.93. The summed E-state index contributed by atoms with van der Waals surface area (Å²) in [7, 11) is 6.43. The van der Waals surface area contributed by atoms with Gasteiger partial charge in [0, 0.05) is 0 Å². The summed E-state index contributed by atoms with van der Waals surface area (Å²) in [6, 6.07) is 9.60. The minimum absolute atomic E-state index is 0.570. The number of benzene rings is 2. The van der Waals surface area contributed by atoms with Crippen LogP contribution >= 0.6 is 0 Å². The standard InChI is InChI=1S/C20H20O5/c1-21-16-9-13(10-17-15(16)7-8-25-17)5-6-14-11-18(22-2)20(24-4)19(12-14)23-3/h5-12H,1-4H3/b6-5+. The van der Waals surface area contributed by atoms with Crippen LogP contribution in [0.2, 0.25) is 0 Å². The molecule has 25 heavy (non-hydrogen) atoms. The molecule has 0 saturated heterocycles. The van der Waals surface area contributed by atoms with E-state index >= 15 is 0 Å². The van der Waals surface area contributed by atoms with Crippen molar-refractivity contribution in [1.29, 1.82) is 0 Å². The van der Waals surface area contributed by atoms with Crippen LogP contribution in [0.3, 0.4) is 0 Å². The summed E-state index contributed by atoms with van der Waals surface area (Å²) in [6.07, 6.45) is 5.60. The molecule has 0 radical (unpaired) electrons. The molecule has 5 heteroatoms. The van der Waals surface area contributed by atoms with E-state index < -0.39 is 0 Å². The first-order valence-corrected chi connectivity index (χ1v) is 7.73. The Hall–Kier alpha value is -3.08. The van der Waals surface area contributed by atoms with E-state index in [2.05, 4.69) is 0 Å². The molecule has 0 unspecified atom stereocenters. The summed E-state index contributed by atoms with van der Waals surface area (Å²) in [5.41, 5.74) is 2.67. The van der Waals surface area contributed by atoms with E-state index in [0.29, 0.717) is 17.2 Å². The van der Waals surface area contributed by atoms with Crippen molar-refractivity contribution in [2.75, 3.05) is 28.4 Å². The lowest BCUT2D eigenvalue weighted by Gasteiger charge is -2.12. The van der Waals surface area contributed by atoms with Gasteiger partial charge in [0.2, 0.25) is 5.75 Å². The maximum Gasteiger partial charge on any atom is 0.203 e. The smallest absolute Gasteiger partial charge is 0.203 e. The summed E-state index contributed by atoms with van der Waals surface area (Å²) in [5, 5.41) is 0.951. The van der Waals surface area contributed by atoms with Gasteiger partial charge in [-0.2, -0.15) is 0 Å². The third kappa shape index (κ3) is 3.26. The van der Waals surface area contributed by atoms with E-state index in [1.165, 1.54) is 0 Å². The second-order valence-electron chi connectivity index (χ2n) is 5.35. The van der Waals surface area contributed by atoms with Gasteiger partial charge in [0.15, 0.2) is 11.5 Å². The fraction of sp³-hybridized carbons (Fsp3) is 0.200. The number of hydrogen-bond acceptors (Lipinski definition) is 5. The van der Waals surface area contributed by atoms with Crippen molar-refractivity contribution in [2.45, 2.75) is 0 Å². The van der Waals surface area contributed by atoms with Crippen LogP contribution in [-0.4, -0.2) is 28.4 Å². The molecule has 0 amide bonds. The highest BCUT2D eigenvalue weighted by atomic mass is 16.5. The van der Waals surface area contributed by atoms with Crippen LogP contribution < -0.4 is 18.9 Å². The molecule has 3 aromatic rings. The minimum atomic E-state index is 0.570. The summed E-state index contributed by atoms with van der Waals surface area (Å²) in [5.74, 6) is 2.57. The Labute approximate surface area is 146 Å². The molecule has 5 nitrogen and oxygen atoms in total. The second kappa shape index (κ2) is 7.21. The Kier molecular flexibility index (Phi) is 4.84. The van der Waals surface area contributed by atoms with Crippen molar-refractivity contribution in [1.82, 2.24) is 0 Å². The van der Waals surface area contributed by atoms with Gasteiger partial charge in [0.05, 0.1) is 40.1 Å². The molecule has 1 heterocycles. The largest absolute Gasteiger partial charge is 0.496 e. The van der Waals surface area contributed by atoms with Crippen molar-refractivity contribution in [3.63, 3.8) is 0 Å². The molecule has 3 rings (SSSR count). The van der Waals surface area contributed by atoms with Crippen molar-refractivity contribution in [2.24, 2.45) is 0 Å². The SMILES string of the molecule is COc1cc(/C=C/c2cc(OC)c3ccoc3c2)cc(OC)c1OC. The lowest BCUT2D eigenvalue weighted by molar-refractivity contribution is 0.324. The highest BCUT2D eigenvalue weighted by molar-refractivity contribution is 5.87. The molecule has 1 aromatic heterocycles. The van der Waals surface area contributed by atoms with E-state index in [1.54, 1.807) is 34.7 Å². The molecule has 0 atom stereocenters. The van der Waals surface area contributed by atoms with Gasteiger partial charge in [-0.1, -0.05) is 12.2 Å². The lowest BCUT2D eigenvalue weighted by Crippen LogP contribution is -1.95. The first kappa shape index (κ1) is 16.8. The Bertz CT molecular complexity index is 883. The van der Waals surface area contributed by atoms with Crippen LogP contribution in [0.25, 0.3) is 23.1 Å². The summed E-state index contributed by atoms with van der Waals surface area (Å²) in [6.45, 7) is 0. The van der Waals surface area contributed by atoms with E-state index in [-0.39, 0.29) is 0 Å². The highest BCUT2D eigenvalue weighted by Gasteiger charge is 2.12. The zero-order valence-corrected chi connectivity index (χ0v) is 14.7. The zero-order chi connectivity index (χ0) is 17.8. The number of hydrogen-bond donors (Lipinski definition) is 0. The molecule has 0 aliphatic carbocycles. The van der Waals surface area contributed by atoms with E-state index in [9.17, 15) is 0 Å². The molecule has 0 spiro atoms. The van der Waals surface area contributed by atoms with Crippen LogP contribution in [0, 0.1) is 0 Å². The first-order valence-electron chi connectivity index (χ1n) is 7.73. The monoisotopic (exact) mass is 340 g/mol. The summed E-state index contributed by atoms with van der Waals surface area (Å²) >= 11 is 0. The maximum absolute atomic E-state index is 5.49. The maximum atomic E-state index is 5.49. The van der Waals surface area contributed by atoms with Crippen LogP contribution in [0.4, 0.5) is 0 Å². The van der Waals surface area contributed by atoms with Gasteiger partial charge in [-0.15, -0.1) is 0 Å². The topological polar surface area (TPSA) is 50.1 Å². The van der Waals surface area contributed by atoms with E-state index in [4.69, 9.17) is 23.4 Å². The highest BCUT2D eigenvalue weighted by Crippen LogP contribution is 2.38. The third-order valence-electron chi connectivity index (χ3n) is 3.93. The van der Waals surface area contributed by atoms with Gasteiger partial charge in [-0.05, 0) is 41.5 Å². The van der Waals surface area contributed by atoms with Crippen LogP contribution in [0.15, 0.2) is 41.0 Å². The molecular weight excluding hydrogens is 320 g/mol.